The van der Waals surface area contributed by atoms with Crippen LogP contribution in [0.25, 0.3) is 0 Å². The van der Waals surface area contributed by atoms with E-state index in [1.165, 1.54) is 0 Å². The minimum absolute atomic E-state index is 0.00133. The fraction of sp³-hybridized carbons (Fsp3) is 0.765. The van der Waals surface area contributed by atoms with Crippen LogP contribution in [0.4, 0.5) is 0 Å². The highest BCUT2D eigenvalue weighted by Crippen LogP contribution is 2.33. The summed E-state index contributed by atoms with van der Waals surface area (Å²) in [5, 5.41) is 10.8. The molecule has 2 fully saturated rings. The van der Waals surface area contributed by atoms with Crippen LogP contribution < -0.4 is 0 Å². The SMILES string of the molecule is Cc1ccc(C2CN(CC3(O)CCC(C)CC3)CCO2)o1. The predicted octanol–water partition coefficient (Wildman–Crippen LogP) is 2.90. The fourth-order valence-electron chi connectivity index (χ4n) is 3.52. The zero-order valence-corrected chi connectivity index (χ0v) is 13.2. The first kappa shape index (κ1) is 15.1. The lowest BCUT2D eigenvalue weighted by atomic mass is 9.79. The first-order valence-corrected chi connectivity index (χ1v) is 8.17. The molecule has 0 spiro atoms. The van der Waals surface area contributed by atoms with Crippen LogP contribution in [0.2, 0.25) is 0 Å². The van der Waals surface area contributed by atoms with Crippen LogP contribution in [0.5, 0.6) is 0 Å². The summed E-state index contributed by atoms with van der Waals surface area (Å²) in [6.45, 7) is 7.41. The highest BCUT2D eigenvalue weighted by molar-refractivity contribution is 5.09. The maximum Gasteiger partial charge on any atom is 0.134 e. The number of rotatable bonds is 3. The van der Waals surface area contributed by atoms with Crippen molar-refractivity contribution in [3.63, 3.8) is 0 Å². The average Bonchev–Trinajstić information content (AvgIpc) is 2.89. The molecule has 0 radical (unpaired) electrons. The van der Waals surface area contributed by atoms with Crippen LogP contribution in [-0.2, 0) is 4.74 Å². The molecule has 1 unspecified atom stereocenters. The van der Waals surface area contributed by atoms with Crippen molar-refractivity contribution in [3.8, 4) is 0 Å². The molecular weight excluding hydrogens is 266 g/mol. The standard InChI is InChI=1S/C17H27NO3/c1-13-5-7-17(19,8-6-13)12-18-9-10-20-16(11-18)15-4-3-14(2)21-15/h3-4,13,16,19H,5-12H2,1-2H3. The molecule has 3 rings (SSSR count). The molecule has 2 aliphatic rings. The zero-order chi connectivity index (χ0) is 14.9. The summed E-state index contributed by atoms with van der Waals surface area (Å²) in [4.78, 5) is 2.34. The maximum atomic E-state index is 10.8. The van der Waals surface area contributed by atoms with E-state index in [9.17, 15) is 5.11 Å². The summed E-state index contributed by atoms with van der Waals surface area (Å²) in [5.41, 5.74) is -0.506. The molecule has 2 heterocycles. The minimum atomic E-state index is -0.506. The lowest BCUT2D eigenvalue weighted by Crippen LogP contribution is -2.49. The van der Waals surface area contributed by atoms with Crippen LogP contribution >= 0.6 is 0 Å². The number of β-amino-alcohol motifs (C(OH)–C–C–N with tert-alkyl or cyclic N) is 1. The van der Waals surface area contributed by atoms with Gasteiger partial charge in [-0.1, -0.05) is 6.92 Å². The highest BCUT2D eigenvalue weighted by atomic mass is 16.5. The van der Waals surface area contributed by atoms with Crippen molar-refractivity contribution >= 4 is 0 Å². The second-order valence-corrected chi connectivity index (χ2v) is 6.95. The molecule has 1 aromatic rings. The highest BCUT2D eigenvalue weighted by Gasteiger charge is 2.35. The zero-order valence-electron chi connectivity index (χ0n) is 13.2. The molecule has 4 heteroatoms. The second kappa shape index (κ2) is 6.11. The Bertz CT molecular complexity index is 462. The average molecular weight is 293 g/mol. The first-order chi connectivity index (χ1) is 10.0. The van der Waals surface area contributed by atoms with Crippen LogP contribution in [0.15, 0.2) is 16.5 Å². The van der Waals surface area contributed by atoms with Crippen molar-refractivity contribution in [2.75, 3.05) is 26.2 Å². The Kier molecular flexibility index (Phi) is 4.38. The van der Waals surface area contributed by atoms with Crippen LogP contribution in [-0.4, -0.2) is 41.8 Å². The van der Waals surface area contributed by atoms with Gasteiger partial charge >= 0.3 is 0 Å². The second-order valence-electron chi connectivity index (χ2n) is 6.95. The monoisotopic (exact) mass is 293 g/mol. The van der Waals surface area contributed by atoms with E-state index in [1.54, 1.807) is 0 Å². The summed E-state index contributed by atoms with van der Waals surface area (Å²) >= 11 is 0. The molecule has 1 aromatic heterocycles. The molecule has 118 valence electrons. The van der Waals surface area contributed by atoms with Gasteiger partial charge < -0.3 is 14.3 Å². The molecule has 1 N–H and O–H groups in total. The van der Waals surface area contributed by atoms with E-state index in [0.717, 1.165) is 62.8 Å². The van der Waals surface area contributed by atoms with Crippen molar-refractivity contribution in [2.45, 2.75) is 51.2 Å². The molecule has 4 nitrogen and oxygen atoms in total. The molecule has 21 heavy (non-hydrogen) atoms. The molecule has 0 bridgehead atoms. The Balaban J connectivity index is 1.58. The van der Waals surface area contributed by atoms with Gasteiger partial charge in [-0.15, -0.1) is 0 Å². The number of morpholine rings is 1. The smallest absolute Gasteiger partial charge is 0.134 e. The van der Waals surface area contributed by atoms with E-state index < -0.39 is 5.60 Å². The van der Waals surface area contributed by atoms with Crippen molar-refractivity contribution in [1.82, 2.24) is 4.90 Å². The minimum Gasteiger partial charge on any atom is -0.464 e. The quantitative estimate of drug-likeness (QED) is 0.931. The van der Waals surface area contributed by atoms with Crippen LogP contribution in [0.3, 0.4) is 0 Å². The predicted molar refractivity (Wildman–Crippen MR) is 81.2 cm³/mol. The summed E-state index contributed by atoms with van der Waals surface area (Å²) in [6, 6.07) is 3.98. The molecule has 0 aromatic carbocycles. The normalized spacial score (nSPS) is 35.0. The molecule has 1 saturated carbocycles. The summed E-state index contributed by atoms with van der Waals surface area (Å²) in [6.07, 6.45) is 4.13. The van der Waals surface area contributed by atoms with Gasteiger partial charge in [0.15, 0.2) is 0 Å². The largest absolute Gasteiger partial charge is 0.464 e. The number of hydrogen-bond donors (Lipinski definition) is 1. The van der Waals surface area contributed by atoms with E-state index >= 15 is 0 Å². The van der Waals surface area contributed by atoms with Gasteiger partial charge in [-0.05, 0) is 50.7 Å². The van der Waals surface area contributed by atoms with Crippen molar-refractivity contribution in [3.05, 3.63) is 23.7 Å². The molecular formula is C17H27NO3. The number of furan rings is 1. The summed E-state index contributed by atoms with van der Waals surface area (Å²) in [5.74, 6) is 2.58. The summed E-state index contributed by atoms with van der Waals surface area (Å²) in [7, 11) is 0. The number of aryl methyl sites for hydroxylation is 1. The van der Waals surface area contributed by atoms with Crippen molar-refractivity contribution in [2.24, 2.45) is 5.92 Å². The number of hydrogen-bond acceptors (Lipinski definition) is 4. The van der Waals surface area contributed by atoms with Crippen LogP contribution in [0.1, 0.15) is 50.2 Å². The third-order valence-electron chi connectivity index (χ3n) is 4.95. The first-order valence-electron chi connectivity index (χ1n) is 8.17. The van der Waals surface area contributed by atoms with Gasteiger partial charge in [-0.2, -0.15) is 0 Å². The number of nitrogens with zero attached hydrogens (tertiary/aromatic N) is 1. The van der Waals surface area contributed by atoms with Crippen LogP contribution in [0, 0.1) is 12.8 Å². The maximum absolute atomic E-state index is 10.8. The number of aliphatic hydroxyl groups is 1. The van der Waals surface area contributed by atoms with Gasteiger partial charge in [-0.25, -0.2) is 0 Å². The van der Waals surface area contributed by atoms with Crippen molar-refractivity contribution in [1.29, 1.82) is 0 Å². The Morgan fingerprint density at radius 1 is 1.33 bits per heavy atom. The third kappa shape index (κ3) is 3.68. The summed E-state index contributed by atoms with van der Waals surface area (Å²) < 4.78 is 11.5. The molecule has 1 aliphatic carbocycles. The molecule has 1 atom stereocenters. The molecule has 1 saturated heterocycles. The Morgan fingerprint density at radius 3 is 2.76 bits per heavy atom. The van der Waals surface area contributed by atoms with Crippen molar-refractivity contribution < 1.29 is 14.3 Å². The lowest BCUT2D eigenvalue weighted by molar-refractivity contribution is -0.0848. The van der Waals surface area contributed by atoms with E-state index in [4.69, 9.17) is 9.15 Å². The van der Waals surface area contributed by atoms with Gasteiger partial charge in [0, 0.05) is 19.6 Å². The Morgan fingerprint density at radius 2 is 2.10 bits per heavy atom. The molecule has 1 aliphatic heterocycles. The van der Waals surface area contributed by atoms with Gasteiger partial charge in [0.25, 0.3) is 0 Å². The lowest BCUT2D eigenvalue weighted by Gasteiger charge is -2.41. The van der Waals surface area contributed by atoms with Gasteiger partial charge in [0.05, 0.1) is 12.2 Å². The van der Waals surface area contributed by atoms with E-state index in [1.807, 2.05) is 19.1 Å². The van der Waals surface area contributed by atoms with Gasteiger partial charge in [0.1, 0.15) is 17.6 Å². The number of ether oxygens (including phenoxy) is 1. The van der Waals surface area contributed by atoms with Gasteiger partial charge in [0.2, 0.25) is 0 Å². The van der Waals surface area contributed by atoms with E-state index in [-0.39, 0.29) is 6.10 Å². The topological polar surface area (TPSA) is 45.8 Å². The Labute approximate surface area is 127 Å². The van der Waals surface area contributed by atoms with E-state index in [0.29, 0.717) is 6.61 Å². The fourth-order valence-corrected chi connectivity index (χ4v) is 3.52. The third-order valence-corrected chi connectivity index (χ3v) is 4.95. The van der Waals surface area contributed by atoms with Gasteiger partial charge in [-0.3, -0.25) is 4.90 Å². The molecule has 0 amide bonds. The van der Waals surface area contributed by atoms with E-state index in [2.05, 4.69) is 11.8 Å². The Hall–Kier alpha value is -0.840.